The lowest BCUT2D eigenvalue weighted by atomic mass is 9.40. The van der Waals surface area contributed by atoms with Crippen molar-refractivity contribution >= 4 is 5.97 Å². The Morgan fingerprint density at radius 2 is 1.04 bits per heavy atom. The summed E-state index contributed by atoms with van der Waals surface area (Å²) in [5, 5.41) is 148. The molecular weight excluding hydrogens is 892 g/mol. The Hall–Kier alpha value is -1.59. The van der Waals surface area contributed by atoms with Gasteiger partial charge in [0.25, 0.3) is 0 Å². The van der Waals surface area contributed by atoms with Crippen molar-refractivity contribution in [3.05, 3.63) is 12.2 Å². The summed E-state index contributed by atoms with van der Waals surface area (Å²) in [5.74, 6) is -0.660. The molecule has 0 radical (unpaired) electrons. The first-order chi connectivity index (χ1) is 31.6. The molecule has 22 unspecified atom stereocenters. The molecule has 0 aromatic rings. The van der Waals surface area contributed by atoms with Crippen LogP contribution >= 0.6 is 0 Å². The van der Waals surface area contributed by atoms with Crippen LogP contribution in [0, 0.1) is 33.5 Å². The van der Waals surface area contributed by atoms with Crippen molar-refractivity contribution in [3.63, 3.8) is 0 Å². The van der Waals surface area contributed by atoms with Crippen molar-refractivity contribution in [1.82, 2.24) is 0 Å². The minimum absolute atomic E-state index is 0.105. The molecule has 4 saturated heterocycles. The summed E-state index contributed by atoms with van der Waals surface area (Å²) in [6, 6.07) is 0. The molecule has 384 valence electrons. The third kappa shape index (κ3) is 8.64. The van der Waals surface area contributed by atoms with Crippen LogP contribution in [0.2, 0.25) is 0 Å². The number of aliphatic hydroxyl groups is 14. The average Bonchev–Trinajstić information content (AvgIpc) is 3.50. The molecule has 22 heteroatoms. The highest BCUT2D eigenvalue weighted by Gasteiger charge is 2.69. The predicted octanol–water partition coefficient (Wildman–Crippen LogP) is -4.45. The molecule has 26 atom stereocenters. The first kappa shape index (κ1) is 51.8. The van der Waals surface area contributed by atoms with E-state index in [1.54, 1.807) is 0 Å². The fraction of sp³-hybridized carbons (Fsp3) is 0.933. The van der Waals surface area contributed by atoms with E-state index < -0.39 is 166 Å². The lowest BCUT2D eigenvalue weighted by Gasteiger charge is -2.64. The van der Waals surface area contributed by atoms with Crippen LogP contribution in [-0.4, -0.2) is 227 Å². The van der Waals surface area contributed by atoms with Crippen LogP contribution in [0.4, 0.5) is 0 Å². The highest BCUT2D eigenvalue weighted by molar-refractivity contribution is 5.77. The zero-order chi connectivity index (χ0) is 48.7. The number of aliphatic hydroxyl groups excluding tert-OH is 14. The SMILES string of the molecule is C=C1C[C@@]23CCC4[C@](C)(C(=O)OC5OC(CO)C(O)C(O)C5O)CCC[C@@]4(C)[C@@H]2CCC1(CC1OC(CO)C(O)C(OC2OC(CO)C(O)C(O)C2O)C1OC1OC(CO)C(O)C(O)C1O)C3. The topological polar surface area (TPSA) is 365 Å². The van der Waals surface area contributed by atoms with E-state index in [-0.39, 0.29) is 29.1 Å². The highest BCUT2D eigenvalue weighted by Crippen LogP contribution is 2.75. The van der Waals surface area contributed by atoms with Gasteiger partial charge in [-0.05, 0) is 92.8 Å². The molecule has 0 aromatic heterocycles. The second-order valence-corrected chi connectivity index (χ2v) is 21.3. The number of esters is 1. The van der Waals surface area contributed by atoms with Crippen molar-refractivity contribution in [2.24, 2.45) is 33.5 Å². The largest absolute Gasteiger partial charge is 0.432 e. The molecule has 67 heavy (non-hydrogen) atoms. The van der Waals surface area contributed by atoms with Gasteiger partial charge in [-0.15, -0.1) is 0 Å². The Balaban J connectivity index is 1.06. The lowest BCUT2D eigenvalue weighted by Crippen LogP contribution is -2.67. The van der Waals surface area contributed by atoms with Gasteiger partial charge in [0.15, 0.2) is 12.6 Å². The molecule has 22 nitrogen and oxygen atoms in total. The smallest absolute Gasteiger partial charge is 0.314 e. The van der Waals surface area contributed by atoms with Gasteiger partial charge >= 0.3 is 5.97 Å². The lowest BCUT2D eigenvalue weighted by molar-refractivity contribution is -0.372. The van der Waals surface area contributed by atoms with Crippen LogP contribution in [0.25, 0.3) is 0 Å². The average molecular weight is 965 g/mol. The molecule has 8 rings (SSSR count). The number of hydrogen-bond acceptors (Lipinski definition) is 22. The molecule has 0 aromatic carbocycles. The minimum atomic E-state index is -1.91. The maximum Gasteiger partial charge on any atom is 0.314 e. The van der Waals surface area contributed by atoms with Gasteiger partial charge in [-0.1, -0.05) is 25.5 Å². The predicted molar refractivity (Wildman–Crippen MR) is 222 cm³/mol. The van der Waals surface area contributed by atoms with E-state index >= 15 is 0 Å². The molecule has 4 heterocycles. The van der Waals surface area contributed by atoms with E-state index in [9.17, 15) is 76.3 Å². The van der Waals surface area contributed by atoms with Gasteiger partial charge in [0.05, 0.1) is 37.9 Å². The van der Waals surface area contributed by atoms with Crippen molar-refractivity contribution in [2.45, 2.75) is 201 Å². The van der Waals surface area contributed by atoms with Gasteiger partial charge in [0, 0.05) is 0 Å². The zero-order valence-electron chi connectivity index (χ0n) is 37.8. The molecular formula is C45H72O22. The maximum absolute atomic E-state index is 14.3. The van der Waals surface area contributed by atoms with Gasteiger partial charge in [-0.2, -0.15) is 0 Å². The molecule has 4 saturated carbocycles. The third-order valence-corrected chi connectivity index (χ3v) is 17.7. The van der Waals surface area contributed by atoms with Crippen LogP contribution in [0.15, 0.2) is 12.2 Å². The fourth-order valence-corrected chi connectivity index (χ4v) is 14.2. The number of carbonyl (C=O) groups excluding carboxylic acids is 1. The number of allylic oxidation sites excluding steroid dienone is 1. The summed E-state index contributed by atoms with van der Waals surface area (Å²) in [6.07, 6.45) is -26.5. The van der Waals surface area contributed by atoms with Crippen molar-refractivity contribution in [1.29, 1.82) is 0 Å². The van der Waals surface area contributed by atoms with E-state index in [4.69, 9.17) is 33.2 Å². The van der Waals surface area contributed by atoms with E-state index in [1.807, 2.05) is 6.92 Å². The summed E-state index contributed by atoms with van der Waals surface area (Å²) in [4.78, 5) is 14.3. The van der Waals surface area contributed by atoms with E-state index in [0.717, 1.165) is 12.0 Å². The van der Waals surface area contributed by atoms with Crippen LogP contribution in [0.1, 0.15) is 78.1 Å². The number of rotatable bonds is 12. The Morgan fingerprint density at radius 1 is 0.567 bits per heavy atom. The molecule has 8 aliphatic rings. The Morgan fingerprint density at radius 3 is 1.58 bits per heavy atom. The van der Waals surface area contributed by atoms with Crippen LogP contribution in [0.3, 0.4) is 0 Å². The van der Waals surface area contributed by atoms with Crippen molar-refractivity contribution in [2.75, 3.05) is 26.4 Å². The van der Waals surface area contributed by atoms with Crippen molar-refractivity contribution in [3.8, 4) is 0 Å². The van der Waals surface area contributed by atoms with Gasteiger partial charge in [-0.3, -0.25) is 4.79 Å². The number of carbonyl (C=O) groups is 1. The summed E-state index contributed by atoms with van der Waals surface area (Å²) in [7, 11) is 0. The van der Waals surface area contributed by atoms with Crippen LogP contribution in [-0.2, 0) is 38.0 Å². The maximum atomic E-state index is 14.3. The molecule has 1 spiro atoms. The quantitative estimate of drug-likeness (QED) is 0.0648. The van der Waals surface area contributed by atoms with Gasteiger partial charge in [-0.25, -0.2) is 0 Å². The zero-order valence-corrected chi connectivity index (χ0v) is 37.8. The molecule has 4 aliphatic carbocycles. The van der Waals surface area contributed by atoms with Gasteiger partial charge in [0.2, 0.25) is 6.29 Å². The molecule has 8 fully saturated rings. The molecule has 0 amide bonds. The molecule has 2 bridgehead atoms. The summed E-state index contributed by atoms with van der Waals surface area (Å²) >= 11 is 0. The highest BCUT2D eigenvalue weighted by atomic mass is 16.8. The summed E-state index contributed by atoms with van der Waals surface area (Å²) in [6.45, 7) is 5.75. The summed E-state index contributed by atoms with van der Waals surface area (Å²) in [5.41, 5.74) is -1.39. The molecule has 4 aliphatic heterocycles. The molecule has 14 N–H and O–H groups in total. The second-order valence-electron chi connectivity index (χ2n) is 21.3. The van der Waals surface area contributed by atoms with Crippen LogP contribution < -0.4 is 0 Å². The minimum Gasteiger partial charge on any atom is -0.432 e. The Bertz CT molecular complexity index is 1760. The Kier molecular flexibility index (Phi) is 15.0. The van der Waals surface area contributed by atoms with E-state index in [2.05, 4.69) is 13.5 Å². The number of fused-ring (bicyclic) bond motifs is 3. The first-order valence-electron chi connectivity index (χ1n) is 23.7. The monoisotopic (exact) mass is 964 g/mol. The second kappa shape index (κ2) is 19.4. The van der Waals surface area contributed by atoms with Crippen molar-refractivity contribution < 1.29 is 109 Å². The van der Waals surface area contributed by atoms with Gasteiger partial charge < -0.3 is 105 Å². The first-order valence-corrected chi connectivity index (χ1v) is 23.7. The summed E-state index contributed by atoms with van der Waals surface area (Å²) < 4.78 is 41.8. The van der Waals surface area contributed by atoms with E-state index in [0.29, 0.717) is 51.4 Å². The number of ether oxygens (including phenoxy) is 7. The van der Waals surface area contributed by atoms with Crippen LogP contribution in [0.5, 0.6) is 0 Å². The van der Waals surface area contributed by atoms with E-state index in [1.165, 1.54) is 0 Å². The fourth-order valence-electron chi connectivity index (χ4n) is 14.2. The number of hydrogen-bond donors (Lipinski definition) is 14. The normalized spacial score (nSPS) is 54.5. The van der Waals surface area contributed by atoms with Gasteiger partial charge in [0.1, 0.15) is 97.7 Å². The Labute approximate surface area is 387 Å². The third-order valence-electron chi connectivity index (χ3n) is 17.7. The standard InChI is InChI=1S/C45H72O22/c1-18-11-45-10-5-24-42(2,7-4-8-43(24,3)41(60)67-40-35(59)32(56)28(52)22(15-48)64-40)25(45)6-9-44(18,17-45)12-19-36(65-38-33(57)30(54)26(50)20(13-46)62-38)37(29(53)23(16-49)61-19)66-39-34(58)31(55)27(51)21(14-47)63-39/h19-40,46-59H,1,4-17H2,2-3H3/t19?,20?,21?,22?,23?,24?,25-,26?,27?,28?,29?,30?,31?,32?,33?,34?,35?,36?,37?,38?,39?,40?,42+,43+,44?,45+/m0/s1.